The van der Waals surface area contributed by atoms with Crippen molar-refractivity contribution in [2.45, 2.75) is 19.9 Å². The minimum Gasteiger partial charge on any atom is -0.381 e. The molecule has 0 aliphatic rings. The molecule has 0 aromatic heterocycles. The fraction of sp³-hybridized carbons (Fsp3) is 0.200. The molecule has 0 amide bonds. The van der Waals surface area contributed by atoms with Crippen LogP contribution in [0.5, 0.6) is 0 Å². The molecular formula is C15H15F2N. The van der Waals surface area contributed by atoms with E-state index in [1.165, 1.54) is 17.7 Å². The Morgan fingerprint density at radius 2 is 1.67 bits per heavy atom. The summed E-state index contributed by atoms with van der Waals surface area (Å²) in [5.74, 6) is 0. The average molecular weight is 247 g/mol. The van der Waals surface area contributed by atoms with E-state index in [-0.39, 0.29) is 5.56 Å². The highest BCUT2D eigenvalue weighted by molar-refractivity contribution is 5.50. The lowest BCUT2D eigenvalue weighted by Gasteiger charge is -2.09. The monoisotopic (exact) mass is 247 g/mol. The maximum Gasteiger partial charge on any atom is 0.263 e. The van der Waals surface area contributed by atoms with Crippen molar-refractivity contribution < 1.29 is 8.78 Å². The summed E-state index contributed by atoms with van der Waals surface area (Å²) in [7, 11) is 0. The Kier molecular flexibility index (Phi) is 3.92. The van der Waals surface area contributed by atoms with Gasteiger partial charge in [0, 0.05) is 17.8 Å². The molecule has 0 atom stereocenters. The van der Waals surface area contributed by atoms with Gasteiger partial charge in [-0.05, 0) is 24.1 Å². The van der Waals surface area contributed by atoms with E-state index >= 15 is 0 Å². The third kappa shape index (κ3) is 3.06. The van der Waals surface area contributed by atoms with Crippen LogP contribution in [0.25, 0.3) is 0 Å². The van der Waals surface area contributed by atoms with Crippen molar-refractivity contribution in [3.8, 4) is 0 Å². The van der Waals surface area contributed by atoms with Gasteiger partial charge in [-0.2, -0.15) is 0 Å². The summed E-state index contributed by atoms with van der Waals surface area (Å²) in [4.78, 5) is 0. The molecule has 1 nitrogen and oxygen atoms in total. The molecule has 0 heterocycles. The van der Waals surface area contributed by atoms with Crippen LogP contribution in [0.4, 0.5) is 14.5 Å². The van der Waals surface area contributed by atoms with E-state index in [0.717, 1.165) is 11.3 Å². The molecule has 94 valence electrons. The zero-order valence-electron chi connectivity index (χ0n) is 10.2. The maximum atomic E-state index is 12.4. The van der Waals surface area contributed by atoms with Crippen LogP contribution in [0.3, 0.4) is 0 Å². The van der Waals surface area contributed by atoms with Gasteiger partial charge in [-0.3, -0.25) is 0 Å². The van der Waals surface area contributed by atoms with Gasteiger partial charge < -0.3 is 5.32 Å². The number of para-hydroxylation sites is 1. The van der Waals surface area contributed by atoms with E-state index in [0.29, 0.717) is 6.54 Å². The molecule has 18 heavy (non-hydrogen) atoms. The second-order valence-corrected chi connectivity index (χ2v) is 4.21. The van der Waals surface area contributed by atoms with E-state index < -0.39 is 6.43 Å². The summed E-state index contributed by atoms with van der Waals surface area (Å²) in [5.41, 5.74) is 3.29. The normalized spacial score (nSPS) is 10.7. The van der Waals surface area contributed by atoms with Crippen LogP contribution in [0.15, 0.2) is 48.5 Å². The van der Waals surface area contributed by atoms with Crippen LogP contribution in [-0.4, -0.2) is 0 Å². The van der Waals surface area contributed by atoms with Crippen molar-refractivity contribution in [2.24, 2.45) is 0 Å². The molecule has 2 aromatic carbocycles. The Hall–Kier alpha value is -1.90. The first-order chi connectivity index (χ1) is 8.66. The molecule has 0 fully saturated rings. The molecular weight excluding hydrogens is 232 g/mol. The van der Waals surface area contributed by atoms with Gasteiger partial charge in [-0.1, -0.05) is 42.5 Å². The number of hydrogen-bond donors (Lipinski definition) is 1. The number of alkyl halides is 2. The van der Waals surface area contributed by atoms with Crippen molar-refractivity contribution in [1.29, 1.82) is 0 Å². The standard InChI is InChI=1S/C15H15F2N/c1-11-4-2-3-5-14(11)18-10-12-6-8-13(9-7-12)15(16)17/h2-9,15,18H,10H2,1H3. The second kappa shape index (κ2) is 5.63. The van der Waals surface area contributed by atoms with Crippen molar-refractivity contribution >= 4 is 5.69 Å². The fourth-order valence-electron chi connectivity index (χ4n) is 1.75. The lowest BCUT2D eigenvalue weighted by molar-refractivity contribution is 0.151. The highest BCUT2D eigenvalue weighted by Crippen LogP contribution is 2.19. The molecule has 2 aromatic rings. The number of aryl methyl sites for hydroxylation is 1. The molecule has 0 saturated heterocycles. The minimum atomic E-state index is -2.40. The molecule has 0 aliphatic heterocycles. The summed E-state index contributed by atoms with van der Waals surface area (Å²) < 4.78 is 24.8. The maximum absolute atomic E-state index is 12.4. The van der Waals surface area contributed by atoms with E-state index in [9.17, 15) is 8.78 Å². The molecule has 0 bridgehead atoms. The largest absolute Gasteiger partial charge is 0.381 e. The third-order valence-corrected chi connectivity index (χ3v) is 2.86. The molecule has 0 unspecified atom stereocenters. The van der Waals surface area contributed by atoms with Crippen LogP contribution >= 0.6 is 0 Å². The summed E-state index contributed by atoms with van der Waals surface area (Å²) in [5, 5.41) is 3.29. The second-order valence-electron chi connectivity index (χ2n) is 4.21. The van der Waals surface area contributed by atoms with Gasteiger partial charge in [0.15, 0.2) is 0 Å². The highest BCUT2D eigenvalue weighted by atomic mass is 19.3. The van der Waals surface area contributed by atoms with Crippen molar-refractivity contribution in [3.05, 3.63) is 65.2 Å². The lowest BCUT2D eigenvalue weighted by atomic mass is 10.1. The Labute approximate surface area is 105 Å². The van der Waals surface area contributed by atoms with Crippen LogP contribution in [-0.2, 0) is 6.54 Å². The van der Waals surface area contributed by atoms with Crippen LogP contribution in [0, 0.1) is 6.92 Å². The average Bonchev–Trinajstić information content (AvgIpc) is 2.38. The summed E-state index contributed by atoms with van der Waals surface area (Å²) in [6.07, 6.45) is -2.40. The van der Waals surface area contributed by atoms with Gasteiger partial charge in [0.1, 0.15) is 0 Å². The quantitative estimate of drug-likeness (QED) is 0.836. The lowest BCUT2D eigenvalue weighted by Crippen LogP contribution is -2.00. The highest BCUT2D eigenvalue weighted by Gasteiger charge is 2.05. The zero-order chi connectivity index (χ0) is 13.0. The molecule has 0 spiro atoms. The molecule has 2 rings (SSSR count). The molecule has 1 N–H and O–H groups in total. The van der Waals surface area contributed by atoms with E-state index in [1.54, 1.807) is 12.1 Å². The number of anilines is 1. The number of benzene rings is 2. The fourth-order valence-corrected chi connectivity index (χ4v) is 1.75. The van der Waals surface area contributed by atoms with Crippen molar-refractivity contribution in [2.75, 3.05) is 5.32 Å². The van der Waals surface area contributed by atoms with Gasteiger partial charge in [0.25, 0.3) is 6.43 Å². The minimum absolute atomic E-state index is 0.0645. The first-order valence-corrected chi connectivity index (χ1v) is 5.83. The van der Waals surface area contributed by atoms with Gasteiger partial charge in [0.05, 0.1) is 0 Å². The topological polar surface area (TPSA) is 12.0 Å². The molecule has 0 saturated carbocycles. The number of rotatable bonds is 4. The van der Waals surface area contributed by atoms with Crippen LogP contribution in [0.2, 0.25) is 0 Å². The van der Waals surface area contributed by atoms with E-state index in [2.05, 4.69) is 5.32 Å². The summed E-state index contributed by atoms with van der Waals surface area (Å²) in [6, 6.07) is 14.4. The molecule has 3 heteroatoms. The van der Waals surface area contributed by atoms with Gasteiger partial charge >= 0.3 is 0 Å². The number of hydrogen-bond acceptors (Lipinski definition) is 1. The molecule has 0 aliphatic carbocycles. The third-order valence-electron chi connectivity index (χ3n) is 2.86. The summed E-state index contributed by atoms with van der Waals surface area (Å²) >= 11 is 0. The molecule has 0 radical (unpaired) electrons. The van der Waals surface area contributed by atoms with E-state index in [4.69, 9.17) is 0 Å². The predicted octanol–water partition coefficient (Wildman–Crippen LogP) is 4.54. The smallest absolute Gasteiger partial charge is 0.263 e. The SMILES string of the molecule is Cc1ccccc1NCc1ccc(C(F)F)cc1. The Morgan fingerprint density at radius 3 is 2.28 bits per heavy atom. The Balaban J connectivity index is 2.00. The summed E-state index contributed by atoms with van der Waals surface area (Å²) in [6.45, 7) is 2.66. The number of nitrogens with one attached hydrogen (secondary N) is 1. The Morgan fingerprint density at radius 1 is 1.00 bits per heavy atom. The van der Waals surface area contributed by atoms with Crippen LogP contribution in [0.1, 0.15) is 23.1 Å². The zero-order valence-corrected chi connectivity index (χ0v) is 10.2. The first-order valence-electron chi connectivity index (χ1n) is 5.83. The van der Waals surface area contributed by atoms with Crippen molar-refractivity contribution in [1.82, 2.24) is 0 Å². The number of halogens is 2. The van der Waals surface area contributed by atoms with Gasteiger partial charge in [0.2, 0.25) is 0 Å². The first kappa shape index (κ1) is 12.6. The van der Waals surface area contributed by atoms with Gasteiger partial charge in [-0.25, -0.2) is 8.78 Å². The van der Waals surface area contributed by atoms with Crippen LogP contribution < -0.4 is 5.32 Å². The Bertz CT molecular complexity index is 506. The van der Waals surface area contributed by atoms with Gasteiger partial charge in [-0.15, -0.1) is 0 Å². The van der Waals surface area contributed by atoms with E-state index in [1.807, 2.05) is 31.2 Å². The predicted molar refractivity (Wildman–Crippen MR) is 69.9 cm³/mol. The van der Waals surface area contributed by atoms with Crippen molar-refractivity contribution in [3.63, 3.8) is 0 Å².